The fraction of sp³-hybridized carbons (Fsp3) is 0.471. The summed E-state index contributed by atoms with van der Waals surface area (Å²) in [7, 11) is 0. The second kappa shape index (κ2) is 5.06. The zero-order valence-corrected chi connectivity index (χ0v) is 12.8. The molecular weight excluding hydrogens is 246 g/mol. The summed E-state index contributed by atoms with van der Waals surface area (Å²) in [6.07, 6.45) is 2.66. The van der Waals surface area contributed by atoms with Gasteiger partial charge in [0.1, 0.15) is 0 Å². The molecule has 0 unspecified atom stereocenters. The lowest BCUT2D eigenvalue weighted by molar-refractivity contribution is 0.686. The van der Waals surface area contributed by atoms with E-state index in [1.807, 2.05) is 0 Å². The second-order valence-corrected chi connectivity index (χ2v) is 5.98. The summed E-state index contributed by atoms with van der Waals surface area (Å²) < 4.78 is 2.08. The highest BCUT2D eigenvalue weighted by molar-refractivity contribution is 5.45. The second-order valence-electron chi connectivity index (χ2n) is 5.98. The van der Waals surface area contributed by atoms with E-state index in [-0.39, 0.29) is 0 Å². The van der Waals surface area contributed by atoms with Crippen LogP contribution in [0.2, 0.25) is 0 Å². The Hall–Kier alpha value is -1.61. The average molecular weight is 269 g/mol. The molecule has 3 heteroatoms. The Bertz CT molecular complexity index is 636. The van der Waals surface area contributed by atoms with Crippen LogP contribution in [0.15, 0.2) is 18.2 Å². The molecule has 0 spiro atoms. The summed E-state index contributed by atoms with van der Waals surface area (Å²) in [4.78, 5) is 0. The summed E-state index contributed by atoms with van der Waals surface area (Å²) in [5, 5.41) is 8.26. The van der Waals surface area contributed by atoms with Crippen molar-refractivity contribution in [3.63, 3.8) is 0 Å². The monoisotopic (exact) mass is 269 g/mol. The number of aryl methyl sites for hydroxylation is 2. The largest absolute Gasteiger partial charge is 0.310 e. The smallest absolute Gasteiger partial charge is 0.0681 e. The molecule has 1 aromatic carbocycles. The third-order valence-electron chi connectivity index (χ3n) is 4.33. The molecule has 1 heterocycles. The van der Waals surface area contributed by atoms with Gasteiger partial charge in [0, 0.05) is 18.3 Å². The van der Waals surface area contributed by atoms with Crippen molar-refractivity contribution in [2.45, 2.75) is 53.1 Å². The van der Waals surface area contributed by atoms with E-state index in [2.05, 4.69) is 61.0 Å². The topological polar surface area (TPSA) is 29.9 Å². The normalized spacial score (nSPS) is 14.8. The Balaban J connectivity index is 1.94. The maximum Gasteiger partial charge on any atom is 0.0681 e. The standard InChI is InChI=1S/C17H23N3/c1-11-5-6-15(10-18-16-7-8-16)9-17(11)20-14(4)12(2)13(3)19-20/h5-6,9,16,18H,7-8,10H2,1-4H3. The molecule has 1 fully saturated rings. The maximum atomic E-state index is 4.69. The molecule has 3 nitrogen and oxygen atoms in total. The van der Waals surface area contributed by atoms with Gasteiger partial charge in [-0.25, -0.2) is 4.68 Å². The van der Waals surface area contributed by atoms with Gasteiger partial charge in [-0.05, 0) is 63.3 Å². The SMILES string of the molecule is Cc1ccc(CNC2CC2)cc1-n1nc(C)c(C)c1C. The Kier molecular flexibility index (Phi) is 3.38. The minimum absolute atomic E-state index is 0.746. The van der Waals surface area contributed by atoms with Crippen LogP contribution in [0.5, 0.6) is 0 Å². The van der Waals surface area contributed by atoms with Crippen LogP contribution in [0.25, 0.3) is 5.69 Å². The molecule has 0 aliphatic heterocycles. The van der Waals surface area contributed by atoms with Crippen LogP contribution in [0.3, 0.4) is 0 Å². The number of hydrogen-bond acceptors (Lipinski definition) is 2. The first-order valence-corrected chi connectivity index (χ1v) is 7.42. The van der Waals surface area contributed by atoms with Crippen molar-refractivity contribution < 1.29 is 0 Å². The summed E-state index contributed by atoms with van der Waals surface area (Å²) in [6, 6.07) is 7.43. The van der Waals surface area contributed by atoms with Gasteiger partial charge >= 0.3 is 0 Å². The summed E-state index contributed by atoms with van der Waals surface area (Å²) in [5.74, 6) is 0. The molecule has 0 saturated heterocycles. The van der Waals surface area contributed by atoms with Gasteiger partial charge in [0.15, 0.2) is 0 Å². The zero-order valence-electron chi connectivity index (χ0n) is 12.8. The van der Waals surface area contributed by atoms with Gasteiger partial charge in [-0.15, -0.1) is 0 Å². The number of nitrogens with zero attached hydrogens (tertiary/aromatic N) is 2. The van der Waals surface area contributed by atoms with Crippen LogP contribution < -0.4 is 5.32 Å². The van der Waals surface area contributed by atoms with Crippen molar-refractivity contribution in [1.82, 2.24) is 15.1 Å². The third-order valence-corrected chi connectivity index (χ3v) is 4.33. The molecule has 3 rings (SSSR count). The van der Waals surface area contributed by atoms with Gasteiger partial charge in [-0.1, -0.05) is 12.1 Å². The number of rotatable bonds is 4. The van der Waals surface area contributed by atoms with Gasteiger partial charge in [-0.2, -0.15) is 5.10 Å². The van der Waals surface area contributed by atoms with Gasteiger partial charge in [0.25, 0.3) is 0 Å². The van der Waals surface area contributed by atoms with Gasteiger partial charge in [0.05, 0.1) is 11.4 Å². The highest BCUT2D eigenvalue weighted by Crippen LogP contribution is 2.22. The van der Waals surface area contributed by atoms with E-state index in [1.54, 1.807) is 0 Å². The van der Waals surface area contributed by atoms with Crippen molar-refractivity contribution in [3.05, 3.63) is 46.3 Å². The van der Waals surface area contributed by atoms with Crippen molar-refractivity contribution in [2.75, 3.05) is 0 Å². The van der Waals surface area contributed by atoms with Crippen LogP contribution >= 0.6 is 0 Å². The molecule has 0 atom stereocenters. The highest BCUT2D eigenvalue weighted by Gasteiger charge is 2.20. The molecule has 106 valence electrons. The van der Waals surface area contributed by atoms with Gasteiger partial charge in [0.2, 0.25) is 0 Å². The van der Waals surface area contributed by atoms with E-state index in [1.165, 1.54) is 40.9 Å². The predicted octanol–water partition coefficient (Wildman–Crippen LogP) is 3.36. The first-order valence-electron chi connectivity index (χ1n) is 7.42. The van der Waals surface area contributed by atoms with Gasteiger partial charge < -0.3 is 5.32 Å². The molecule has 1 aliphatic rings. The van der Waals surface area contributed by atoms with Crippen molar-refractivity contribution in [3.8, 4) is 5.69 Å². The Labute approximate surface area is 121 Å². The fourth-order valence-corrected chi connectivity index (χ4v) is 2.50. The van der Waals surface area contributed by atoms with Crippen LogP contribution in [-0.2, 0) is 6.54 Å². The van der Waals surface area contributed by atoms with Crippen LogP contribution in [0.1, 0.15) is 40.9 Å². The van der Waals surface area contributed by atoms with E-state index in [0.29, 0.717) is 0 Å². The molecule has 1 saturated carbocycles. The molecule has 20 heavy (non-hydrogen) atoms. The molecule has 1 aromatic heterocycles. The number of hydrogen-bond donors (Lipinski definition) is 1. The lowest BCUT2D eigenvalue weighted by atomic mass is 10.1. The third kappa shape index (κ3) is 2.50. The van der Waals surface area contributed by atoms with E-state index < -0.39 is 0 Å². The zero-order chi connectivity index (χ0) is 14.3. The maximum absolute atomic E-state index is 4.69. The molecular formula is C17H23N3. The van der Waals surface area contributed by atoms with Crippen LogP contribution in [0.4, 0.5) is 0 Å². The van der Waals surface area contributed by atoms with E-state index in [4.69, 9.17) is 0 Å². The number of benzene rings is 1. The average Bonchev–Trinajstić information content (AvgIpc) is 3.22. The summed E-state index contributed by atoms with van der Waals surface area (Å²) in [6.45, 7) is 9.47. The molecule has 0 bridgehead atoms. The molecule has 0 amide bonds. The van der Waals surface area contributed by atoms with E-state index in [9.17, 15) is 0 Å². The Morgan fingerprint density at radius 1 is 1.20 bits per heavy atom. The van der Waals surface area contributed by atoms with Crippen LogP contribution in [-0.4, -0.2) is 15.8 Å². The van der Waals surface area contributed by atoms with E-state index in [0.717, 1.165) is 18.3 Å². The lowest BCUT2D eigenvalue weighted by Crippen LogP contribution is -2.15. The number of nitrogens with one attached hydrogen (secondary N) is 1. The predicted molar refractivity (Wildman–Crippen MR) is 82.4 cm³/mol. The number of aromatic nitrogens is 2. The minimum atomic E-state index is 0.746. The van der Waals surface area contributed by atoms with E-state index >= 15 is 0 Å². The Morgan fingerprint density at radius 3 is 2.55 bits per heavy atom. The van der Waals surface area contributed by atoms with Crippen molar-refractivity contribution >= 4 is 0 Å². The highest BCUT2D eigenvalue weighted by atomic mass is 15.3. The first kappa shape index (κ1) is 13.4. The van der Waals surface area contributed by atoms with Crippen molar-refractivity contribution in [2.24, 2.45) is 0 Å². The molecule has 1 aliphatic carbocycles. The summed E-state index contributed by atoms with van der Waals surface area (Å²) in [5.41, 5.74) is 7.44. The Morgan fingerprint density at radius 2 is 1.95 bits per heavy atom. The van der Waals surface area contributed by atoms with Gasteiger partial charge in [-0.3, -0.25) is 0 Å². The van der Waals surface area contributed by atoms with Crippen molar-refractivity contribution in [1.29, 1.82) is 0 Å². The first-order chi connectivity index (χ1) is 9.56. The minimum Gasteiger partial charge on any atom is -0.310 e. The fourth-order valence-electron chi connectivity index (χ4n) is 2.50. The molecule has 2 aromatic rings. The lowest BCUT2D eigenvalue weighted by Gasteiger charge is -2.11. The van der Waals surface area contributed by atoms with Crippen LogP contribution in [0, 0.1) is 27.7 Å². The molecule has 1 N–H and O–H groups in total. The summed E-state index contributed by atoms with van der Waals surface area (Å²) >= 11 is 0. The quantitative estimate of drug-likeness (QED) is 0.922. The molecule has 0 radical (unpaired) electrons.